The lowest BCUT2D eigenvalue weighted by Gasteiger charge is -2.55. The van der Waals surface area contributed by atoms with Crippen molar-refractivity contribution < 1.29 is 18.7 Å². The van der Waals surface area contributed by atoms with E-state index in [1.165, 1.54) is 17.4 Å². The fourth-order valence-electron chi connectivity index (χ4n) is 5.46. The second-order valence-corrected chi connectivity index (χ2v) is 11.1. The number of pyridine rings is 1. The highest BCUT2D eigenvalue weighted by Gasteiger charge is 2.48. The average Bonchev–Trinajstić information content (AvgIpc) is 3.30. The Hall–Kier alpha value is -4.08. The molecule has 3 aliphatic rings. The van der Waals surface area contributed by atoms with Crippen molar-refractivity contribution in [2.45, 2.75) is 25.5 Å². The lowest BCUT2D eigenvalue weighted by molar-refractivity contribution is -0.113. The Morgan fingerprint density at radius 1 is 1.10 bits per heavy atom. The van der Waals surface area contributed by atoms with Crippen LogP contribution in [-0.4, -0.2) is 48.6 Å². The van der Waals surface area contributed by atoms with Gasteiger partial charge in [0.2, 0.25) is 0 Å². The van der Waals surface area contributed by atoms with E-state index < -0.39 is 5.82 Å². The summed E-state index contributed by atoms with van der Waals surface area (Å²) in [5.41, 5.74) is 3.90. The zero-order valence-electron chi connectivity index (χ0n) is 21.2. The van der Waals surface area contributed by atoms with Gasteiger partial charge in [0, 0.05) is 23.5 Å². The number of carbonyl (C=O) groups excluding carboxylic acids is 2. The van der Waals surface area contributed by atoms with Gasteiger partial charge in [0.25, 0.3) is 11.8 Å². The van der Waals surface area contributed by atoms with Gasteiger partial charge in [-0.2, -0.15) is 0 Å². The Balaban J connectivity index is 1.18. The normalized spacial score (nSPS) is 19.1. The lowest BCUT2D eigenvalue weighted by atomic mass is 9.95. The number of aryl methyl sites for hydroxylation is 1. The zero-order chi connectivity index (χ0) is 26.7. The standard InChI is InChI=1S/C30H25FN4O3S/c1-17-6-4-8-20(31)27(17)33-29(36)25-14-18-12-13-34(22-10-3-2-7-19(22)28(18)39-25)30(37)21-9-5-11-26(32-21)35-15-24-23(35)16-38-24/h2-11,14,23-24H,12-13,15-16H2,1H3,(H,33,36)/t23-,24?/m0/s1. The molecule has 39 heavy (non-hydrogen) atoms. The van der Waals surface area contributed by atoms with E-state index in [1.807, 2.05) is 42.5 Å². The summed E-state index contributed by atoms with van der Waals surface area (Å²) in [4.78, 5) is 37.0. The van der Waals surface area contributed by atoms with Gasteiger partial charge >= 0.3 is 0 Å². The van der Waals surface area contributed by atoms with Gasteiger partial charge in [-0.1, -0.05) is 36.4 Å². The summed E-state index contributed by atoms with van der Waals surface area (Å²) in [6, 6.07) is 20.2. The minimum atomic E-state index is -0.464. The van der Waals surface area contributed by atoms with Gasteiger partial charge in [-0.15, -0.1) is 11.3 Å². The number of anilines is 3. The highest BCUT2D eigenvalue weighted by Crippen LogP contribution is 2.42. The Morgan fingerprint density at radius 2 is 1.95 bits per heavy atom. The molecule has 0 saturated carbocycles. The van der Waals surface area contributed by atoms with Crippen molar-refractivity contribution in [2.75, 3.05) is 34.8 Å². The molecule has 196 valence electrons. The summed E-state index contributed by atoms with van der Waals surface area (Å²) in [6.45, 7) is 3.71. The molecule has 2 saturated heterocycles. The molecule has 3 aliphatic heterocycles. The highest BCUT2D eigenvalue weighted by atomic mass is 32.1. The Morgan fingerprint density at radius 3 is 2.72 bits per heavy atom. The molecule has 0 spiro atoms. The Bertz CT molecular complexity index is 1620. The molecule has 7 rings (SSSR count). The summed E-state index contributed by atoms with van der Waals surface area (Å²) < 4.78 is 19.8. The third kappa shape index (κ3) is 4.00. The number of benzene rings is 2. The molecule has 2 atom stereocenters. The number of para-hydroxylation sites is 2. The first kappa shape index (κ1) is 24.0. The van der Waals surface area contributed by atoms with Crippen LogP contribution in [0.2, 0.25) is 0 Å². The van der Waals surface area contributed by atoms with Crippen molar-refractivity contribution in [3.8, 4) is 10.4 Å². The van der Waals surface area contributed by atoms with E-state index in [4.69, 9.17) is 9.72 Å². The molecule has 4 aromatic rings. The van der Waals surface area contributed by atoms with Crippen LogP contribution in [0.3, 0.4) is 0 Å². The van der Waals surface area contributed by atoms with Gasteiger partial charge in [-0.05, 0) is 54.8 Å². The first-order chi connectivity index (χ1) is 19.0. The maximum Gasteiger partial charge on any atom is 0.276 e. The first-order valence-corrected chi connectivity index (χ1v) is 13.8. The third-order valence-corrected chi connectivity index (χ3v) is 8.93. The van der Waals surface area contributed by atoms with Crippen LogP contribution in [0, 0.1) is 12.7 Å². The molecule has 2 aromatic heterocycles. The largest absolute Gasteiger partial charge is 0.372 e. The van der Waals surface area contributed by atoms with Crippen molar-refractivity contribution in [1.29, 1.82) is 0 Å². The molecule has 5 heterocycles. The van der Waals surface area contributed by atoms with E-state index in [-0.39, 0.29) is 23.6 Å². The number of ether oxygens (including phenoxy) is 1. The van der Waals surface area contributed by atoms with Gasteiger partial charge in [-0.25, -0.2) is 9.37 Å². The van der Waals surface area contributed by atoms with Crippen molar-refractivity contribution in [1.82, 2.24) is 4.98 Å². The molecule has 9 heteroatoms. The summed E-state index contributed by atoms with van der Waals surface area (Å²) in [5.74, 6) is -0.172. The number of thiophene rings is 1. The molecule has 2 amide bonds. The number of nitrogens with zero attached hydrogens (tertiary/aromatic N) is 3. The van der Waals surface area contributed by atoms with Crippen LogP contribution in [0.4, 0.5) is 21.6 Å². The van der Waals surface area contributed by atoms with Gasteiger partial charge in [0.05, 0.1) is 35.0 Å². The summed E-state index contributed by atoms with van der Waals surface area (Å²) in [5, 5.41) is 2.74. The number of nitrogens with one attached hydrogen (secondary N) is 1. The monoisotopic (exact) mass is 540 g/mol. The number of halogens is 1. The van der Waals surface area contributed by atoms with Crippen LogP contribution in [0.15, 0.2) is 66.7 Å². The third-order valence-electron chi connectivity index (χ3n) is 7.72. The number of aromatic nitrogens is 1. The van der Waals surface area contributed by atoms with Crippen LogP contribution in [0.1, 0.15) is 31.3 Å². The Labute approximate surface area is 228 Å². The summed E-state index contributed by atoms with van der Waals surface area (Å²) in [7, 11) is 0. The van der Waals surface area contributed by atoms with E-state index in [0.29, 0.717) is 41.7 Å². The van der Waals surface area contributed by atoms with Gasteiger partial charge < -0.3 is 19.9 Å². The van der Waals surface area contributed by atoms with Crippen LogP contribution in [0.25, 0.3) is 10.4 Å². The number of rotatable bonds is 4. The van der Waals surface area contributed by atoms with Crippen molar-refractivity contribution in [3.05, 3.63) is 94.2 Å². The minimum Gasteiger partial charge on any atom is -0.372 e. The molecule has 0 bridgehead atoms. The van der Waals surface area contributed by atoms with Gasteiger partial charge in [0.15, 0.2) is 0 Å². The SMILES string of the molecule is Cc1cccc(F)c1NC(=O)c1cc2c(s1)-c1ccccc1N(C(=O)c1cccc(N3CC4OC[C@@H]43)n1)CC2. The van der Waals surface area contributed by atoms with Crippen molar-refractivity contribution >= 4 is 40.3 Å². The lowest BCUT2D eigenvalue weighted by Crippen LogP contribution is -2.71. The smallest absolute Gasteiger partial charge is 0.276 e. The first-order valence-electron chi connectivity index (χ1n) is 12.9. The highest BCUT2D eigenvalue weighted by molar-refractivity contribution is 7.17. The minimum absolute atomic E-state index is 0.158. The van der Waals surface area contributed by atoms with Crippen molar-refractivity contribution in [3.63, 3.8) is 0 Å². The molecule has 2 aromatic carbocycles. The molecule has 7 nitrogen and oxygen atoms in total. The molecule has 0 aliphatic carbocycles. The Kier molecular flexibility index (Phi) is 5.71. The van der Waals surface area contributed by atoms with Crippen LogP contribution in [0.5, 0.6) is 0 Å². The van der Waals surface area contributed by atoms with E-state index in [0.717, 1.165) is 34.1 Å². The number of morpholine rings is 1. The van der Waals surface area contributed by atoms with E-state index in [2.05, 4.69) is 10.2 Å². The molecule has 0 radical (unpaired) electrons. The average molecular weight is 541 g/mol. The molecule has 1 N–H and O–H groups in total. The maximum atomic E-state index is 14.3. The fourth-order valence-corrected chi connectivity index (χ4v) is 6.60. The second-order valence-electron chi connectivity index (χ2n) is 10.0. The van der Waals surface area contributed by atoms with Crippen LogP contribution in [-0.2, 0) is 11.2 Å². The maximum absolute atomic E-state index is 14.3. The van der Waals surface area contributed by atoms with Gasteiger partial charge in [-0.3, -0.25) is 9.59 Å². The quantitative estimate of drug-likeness (QED) is 0.380. The fraction of sp³-hybridized carbons (Fsp3) is 0.233. The summed E-state index contributed by atoms with van der Waals surface area (Å²) >= 11 is 1.36. The zero-order valence-corrected chi connectivity index (χ0v) is 22.0. The molecular formula is C30H25FN4O3S. The summed E-state index contributed by atoms with van der Waals surface area (Å²) in [6.07, 6.45) is 0.857. The second kappa shape index (κ2) is 9.29. The number of carbonyl (C=O) groups is 2. The molecular weight excluding hydrogens is 515 g/mol. The molecule has 2 fully saturated rings. The number of amides is 2. The van der Waals surface area contributed by atoms with E-state index in [1.54, 1.807) is 30.0 Å². The number of hydrogen-bond acceptors (Lipinski definition) is 6. The number of fused-ring (bicyclic) bond motifs is 4. The van der Waals surface area contributed by atoms with Gasteiger partial charge in [0.1, 0.15) is 17.3 Å². The van der Waals surface area contributed by atoms with Crippen molar-refractivity contribution in [2.24, 2.45) is 0 Å². The van der Waals surface area contributed by atoms with Crippen LogP contribution < -0.4 is 15.1 Å². The predicted molar refractivity (Wildman–Crippen MR) is 149 cm³/mol. The topological polar surface area (TPSA) is 74.8 Å². The molecule has 1 unspecified atom stereocenters. The van der Waals surface area contributed by atoms with E-state index in [9.17, 15) is 14.0 Å². The number of hydrogen-bond donors (Lipinski definition) is 1. The van der Waals surface area contributed by atoms with Crippen LogP contribution >= 0.6 is 11.3 Å². The predicted octanol–water partition coefficient (Wildman–Crippen LogP) is 5.30. The van der Waals surface area contributed by atoms with E-state index >= 15 is 0 Å².